The SMILES string of the molecule is CC(=O)c1cc2nc(N3CCCC3)ccc2o1. The number of hydrogen-bond acceptors (Lipinski definition) is 4. The summed E-state index contributed by atoms with van der Waals surface area (Å²) in [5, 5.41) is 0. The van der Waals surface area contributed by atoms with Gasteiger partial charge in [-0.05, 0) is 25.0 Å². The van der Waals surface area contributed by atoms with Crippen LogP contribution >= 0.6 is 0 Å². The summed E-state index contributed by atoms with van der Waals surface area (Å²) in [6.07, 6.45) is 2.45. The molecule has 1 saturated heterocycles. The fourth-order valence-electron chi connectivity index (χ4n) is 2.21. The Kier molecular flexibility index (Phi) is 2.35. The number of anilines is 1. The number of carbonyl (C=O) groups is 1. The van der Waals surface area contributed by atoms with Crippen LogP contribution in [-0.2, 0) is 0 Å². The van der Waals surface area contributed by atoms with Gasteiger partial charge in [-0.15, -0.1) is 0 Å². The highest BCUT2D eigenvalue weighted by molar-refractivity contribution is 5.95. The van der Waals surface area contributed by atoms with E-state index < -0.39 is 0 Å². The topological polar surface area (TPSA) is 46.3 Å². The molecule has 0 saturated carbocycles. The van der Waals surface area contributed by atoms with Crippen LogP contribution in [0.2, 0.25) is 0 Å². The van der Waals surface area contributed by atoms with E-state index in [0.717, 1.165) is 24.4 Å². The van der Waals surface area contributed by atoms with Gasteiger partial charge in [0.2, 0.25) is 0 Å². The van der Waals surface area contributed by atoms with Crippen LogP contribution in [0.4, 0.5) is 5.82 Å². The summed E-state index contributed by atoms with van der Waals surface area (Å²) in [6, 6.07) is 5.57. The molecule has 2 aromatic rings. The molecule has 1 fully saturated rings. The number of pyridine rings is 1. The second-order valence-corrected chi connectivity index (χ2v) is 4.41. The normalized spacial score (nSPS) is 15.7. The third-order valence-electron chi connectivity index (χ3n) is 3.14. The molecule has 17 heavy (non-hydrogen) atoms. The van der Waals surface area contributed by atoms with Crippen molar-refractivity contribution in [3.8, 4) is 0 Å². The van der Waals surface area contributed by atoms with Gasteiger partial charge < -0.3 is 9.32 Å². The summed E-state index contributed by atoms with van der Waals surface area (Å²) in [6.45, 7) is 3.63. The summed E-state index contributed by atoms with van der Waals surface area (Å²) in [7, 11) is 0. The fraction of sp³-hybridized carbons (Fsp3) is 0.385. The molecule has 0 N–H and O–H groups in total. The minimum Gasteiger partial charge on any atom is -0.451 e. The zero-order valence-electron chi connectivity index (χ0n) is 9.77. The molecule has 0 aromatic carbocycles. The minimum atomic E-state index is -0.0641. The van der Waals surface area contributed by atoms with Crippen LogP contribution in [0, 0.1) is 0 Å². The van der Waals surface area contributed by atoms with Crippen molar-refractivity contribution >= 4 is 22.7 Å². The number of hydrogen-bond donors (Lipinski definition) is 0. The average Bonchev–Trinajstić information content (AvgIpc) is 2.97. The number of furan rings is 1. The molecular formula is C13H14N2O2. The molecule has 88 valence electrons. The molecule has 4 heteroatoms. The highest BCUT2D eigenvalue weighted by atomic mass is 16.3. The number of carbonyl (C=O) groups excluding carboxylic acids is 1. The predicted molar refractivity (Wildman–Crippen MR) is 65.5 cm³/mol. The summed E-state index contributed by atoms with van der Waals surface area (Å²) >= 11 is 0. The van der Waals surface area contributed by atoms with Crippen molar-refractivity contribution in [1.82, 2.24) is 4.98 Å². The molecule has 4 nitrogen and oxygen atoms in total. The Morgan fingerprint density at radius 2 is 2.12 bits per heavy atom. The maximum absolute atomic E-state index is 11.2. The van der Waals surface area contributed by atoms with Gasteiger partial charge in [0.1, 0.15) is 11.3 Å². The first-order valence-electron chi connectivity index (χ1n) is 5.90. The van der Waals surface area contributed by atoms with Crippen molar-refractivity contribution in [1.29, 1.82) is 0 Å². The van der Waals surface area contributed by atoms with E-state index >= 15 is 0 Å². The third-order valence-corrected chi connectivity index (χ3v) is 3.14. The molecule has 2 aromatic heterocycles. The van der Waals surface area contributed by atoms with Crippen molar-refractivity contribution in [2.45, 2.75) is 19.8 Å². The van der Waals surface area contributed by atoms with Crippen LogP contribution in [0.5, 0.6) is 0 Å². The molecule has 1 aliphatic rings. The standard InChI is InChI=1S/C13H14N2O2/c1-9(16)12-8-10-11(17-12)4-5-13(14-10)15-6-2-3-7-15/h4-5,8H,2-3,6-7H2,1H3. The van der Waals surface area contributed by atoms with E-state index in [1.165, 1.54) is 19.8 Å². The maximum Gasteiger partial charge on any atom is 0.195 e. The molecule has 1 aliphatic heterocycles. The van der Waals surface area contributed by atoms with Crippen molar-refractivity contribution < 1.29 is 9.21 Å². The van der Waals surface area contributed by atoms with Gasteiger partial charge in [0.15, 0.2) is 17.1 Å². The van der Waals surface area contributed by atoms with Gasteiger partial charge in [0, 0.05) is 26.1 Å². The largest absolute Gasteiger partial charge is 0.451 e. The van der Waals surface area contributed by atoms with Gasteiger partial charge in [-0.25, -0.2) is 4.98 Å². The quantitative estimate of drug-likeness (QED) is 0.744. The molecule has 0 radical (unpaired) electrons. The highest BCUT2D eigenvalue weighted by Crippen LogP contribution is 2.23. The van der Waals surface area contributed by atoms with Gasteiger partial charge in [0.25, 0.3) is 0 Å². The summed E-state index contributed by atoms with van der Waals surface area (Å²) in [5.41, 5.74) is 1.44. The molecule has 0 atom stereocenters. The Bertz CT molecular complexity index is 568. The molecule has 0 bridgehead atoms. The van der Waals surface area contributed by atoms with Crippen molar-refractivity contribution in [3.63, 3.8) is 0 Å². The predicted octanol–water partition coefficient (Wildman–Crippen LogP) is 2.63. The van der Waals surface area contributed by atoms with E-state index in [-0.39, 0.29) is 5.78 Å². The second kappa shape index (κ2) is 3.87. The number of aromatic nitrogens is 1. The lowest BCUT2D eigenvalue weighted by molar-refractivity contribution is 0.0989. The van der Waals surface area contributed by atoms with E-state index in [9.17, 15) is 4.79 Å². The van der Waals surface area contributed by atoms with Gasteiger partial charge in [-0.2, -0.15) is 0 Å². The molecule has 0 aliphatic carbocycles. The monoisotopic (exact) mass is 230 g/mol. The van der Waals surface area contributed by atoms with Gasteiger partial charge in [-0.1, -0.05) is 0 Å². The van der Waals surface area contributed by atoms with Crippen molar-refractivity contribution in [2.24, 2.45) is 0 Å². The maximum atomic E-state index is 11.2. The Morgan fingerprint density at radius 3 is 2.82 bits per heavy atom. The van der Waals surface area contributed by atoms with Gasteiger partial charge in [-0.3, -0.25) is 4.79 Å². The Morgan fingerprint density at radius 1 is 1.35 bits per heavy atom. The van der Waals surface area contributed by atoms with Crippen LogP contribution in [-0.4, -0.2) is 23.9 Å². The lowest BCUT2D eigenvalue weighted by Crippen LogP contribution is -2.18. The lowest BCUT2D eigenvalue weighted by atomic mass is 10.3. The molecule has 0 amide bonds. The van der Waals surface area contributed by atoms with Crippen LogP contribution in [0.25, 0.3) is 11.1 Å². The number of Topliss-reactive ketones (excluding diaryl/α,β-unsaturated/α-hetero) is 1. The summed E-state index contributed by atoms with van der Waals surface area (Å²) in [4.78, 5) is 18.0. The minimum absolute atomic E-state index is 0.0641. The number of ketones is 1. The Balaban J connectivity index is 2.02. The van der Waals surface area contributed by atoms with E-state index in [1.807, 2.05) is 12.1 Å². The number of rotatable bonds is 2. The molecule has 3 heterocycles. The summed E-state index contributed by atoms with van der Waals surface area (Å²) in [5.74, 6) is 1.29. The zero-order chi connectivity index (χ0) is 11.8. The molecular weight excluding hydrogens is 216 g/mol. The first kappa shape index (κ1) is 10.3. The second-order valence-electron chi connectivity index (χ2n) is 4.41. The van der Waals surface area contributed by atoms with Crippen LogP contribution in [0.3, 0.4) is 0 Å². The van der Waals surface area contributed by atoms with Crippen molar-refractivity contribution in [3.05, 3.63) is 24.0 Å². The molecule has 0 spiro atoms. The Hall–Kier alpha value is -1.84. The van der Waals surface area contributed by atoms with Gasteiger partial charge >= 0.3 is 0 Å². The molecule has 3 rings (SSSR count). The first-order valence-corrected chi connectivity index (χ1v) is 5.90. The highest BCUT2D eigenvalue weighted by Gasteiger charge is 2.15. The Labute approximate surface area is 99.2 Å². The van der Waals surface area contributed by atoms with Crippen molar-refractivity contribution in [2.75, 3.05) is 18.0 Å². The molecule has 0 unspecified atom stereocenters. The third kappa shape index (κ3) is 1.79. The van der Waals surface area contributed by atoms with Crippen LogP contribution < -0.4 is 4.90 Å². The smallest absolute Gasteiger partial charge is 0.195 e. The number of fused-ring (bicyclic) bond motifs is 1. The van der Waals surface area contributed by atoms with Crippen LogP contribution in [0.15, 0.2) is 22.6 Å². The van der Waals surface area contributed by atoms with Gasteiger partial charge in [0.05, 0.1) is 0 Å². The van der Waals surface area contributed by atoms with Crippen LogP contribution in [0.1, 0.15) is 30.3 Å². The first-order chi connectivity index (χ1) is 8.24. The van der Waals surface area contributed by atoms with E-state index in [1.54, 1.807) is 6.07 Å². The van der Waals surface area contributed by atoms with E-state index in [4.69, 9.17) is 4.42 Å². The van der Waals surface area contributed by atoms with E-state index in [0.29, 0.717) is 11.3 Å². The number of nitrogens with zero attached hydrogens (tertiary/aromatic N) is 2. The average molecular weight is 230 g/mol. The summed E-state index contributed by atoms with van der Waals surface area (Å²) < 4.78 is 5.42. The fourth-order valence-corrected chi connectivity index (χ4v) is 2.21. The van der Waals surface area contributed by atoms with E-state index in [2.05, 4.69) is 9.88 Å². The lowest BCUT2D eigenvalue weighted by Gasteiger charge is -2.15. The zero-order valence-corrected chi connectivity index (χ0v) is 9.77.